The van der Waals surface area contributed by atoms with Gasteiger partial charge < -0.3 is 15.2 Å². The number of rotatable bonds is 5. The number of piperidine rings is 1. The van der Waals surface area contributed by atoms with Gasteiger partial charge in [-0.2, -0.15) is 0 Å². The number of aryl methyl sites for hydroxylation is 1. The number of aromatic amines is 1. The summed E-state index contributed by atoms with van der Waals surface area (Å²) < 4.78 is 26.6. The van der Waals surface area contributed by atoms with Crippen molar-refractivity contribution in [1.29, 1.82) is 0 Å². The third-order valence-corrected chi connectivity index (χ3v) is 9.83. The van der Waals surface area contributed by atoms with Crippen molar-refractivity contribution in [1.82, 2.24) is 9.88 Å². The number of anilines is 1. The molecule has 0 saturated carbocycles. The summed E-state index contributed by atoms with van der Waals surface area (Å²) >= 11 is 12.4. The van der Waals surface area contributed by atoms with Crippen LogP contribution in [-0.2, 0) is 20.4 Å². The maximum Gasteiger partial charge on any atom is 0.256 e. The Bertz CT molecular complexity index is 1510. The second kappa shape index (κ2) is 9.95. The summed E-state index contributed by atoms with van der Waals surface area (Å²) in [5.74, 6) is -0.108. The SMILES string of the molecule is Cc1[nH]c(/C=C2\C(=O)Nc3ccc(S(=O)(=O)Cc4c(Cl)cccc4Cl)cc32)c(C)c1C1CCN(C)CC1. The van der Waals surface area contributed by atoms with Crippen molar-refractivity contribution in [3.8, 4) is 0 Å². The molecule has 9 heteroatoms. The van der Waals surface area contributed by atoms with Crippen LogP contribution >= 0.6 is 23.2 Å². The summed E-state index contributed by atoms with van der Waals surface area (Å²) in [6, 6.07) is 9.60. The Hall–Kier alpha value is -2.58. The molecule has 0 unspecified atom stereocenters. The highest BCUT2D eigenvalue weighted by Gasteiger charge is 2.29. The number of fused-ring (bicyclic) bond motifs is 1. The summed E-state index contributed by atoms with van der Waals surface area (Å²) in [7, 11) is -1.62. The lowest BCUT2D eigenvalue weighted by atomic mass is 9.87. The van der Waals surface area contributed by atoms with Crippen LogP contribution in [-0.4, -0.2) is 44.3 Å². The van der Waals surface area contributed by atoms with Gasteiger partial charge in [-0.3, -0.25) is 4.79 Å². The van der Waals surface area contributed by atoms with Crippen LogP contribution in [0.3, 0.4) is 0 Å². The third kappa shape index (κ3) is 4.98. The molecule has 194 valence electrons. The molecule has 3 aromatic rings. The quantitative estimate of drug-likeness (QED) is 0.365. The minimum Gasteiger partial charge on any atom is -0.359 e. The molecule has 2 N–H and O–H groups in total. The number of sulfone groups is 1. The summed E-state index contributed by atoms with van der Waals surface area (Å²) in [4.78, 5) is 18.9. The fraction of sp³-hybridized carbons (Fsp3) is 0.321. The fourth-order valence-electron chi connectivity index (χ4n) is 5.44. The highest BCUT2D eigenvalue weighted by Crippen LogP contribution is 2.39. The highest BCUT2D eigenvalue weighted by atomic mass is 35.5. The molecular weight excluding hydrogens is 529 g/mol. The lowest BCUT2D eigenvalue weighted by Gasteiger charge is -2.29. The largest absolute Gasteiger partial charge is 0.359 e. The van der Waals surface area contributed by atoms with E-state index in [1.165, 1.54) is 11.6 Å². The smallest absolute Gasteiger partial charge is 0.256 e. The van der Waals surface area contributed by atoms with Crippen LogP contribution in [0.25, 0.3) is 11.6 Å². The molecule has 1 aromatic heterocycles. The molecule has 0 radical (unpaired) electrons. The van der Waals surface area contributed by atoms with E-state index in [4.69, 9.17) is 23.2 Å². The number of nitrogens with one attached hydrogen (secondary N) is 2. The first-order valence-corrected chi connectivity index (χ1v) is 14.7. The second-order valence-electron chi connectivity index (χ2n) is 9.96. The lowest BCUT2D eigenvalue weighted by Crippen LogP contribution is -2.29. The molecule has 2 aromatic carbocycles. The van der Waals surface area contributed by atoms with Gasteiger partial charge in [0.2, 0.25) is 0 Å². The van der Waals surface area contributed by atoms with Crippen LogP contribution in [0.15, 0.2) is 41.3 Å². The minimum atomic E-state index is -3.77. The molecule has 1 amide bonds. The van der Waals surface area contributed by atoms with Gasteiger partial charge in [0.15, 0.2) is 9.84 Å². The van der Waals surface area contributed by atoms with Crippen molar-refractivity contribution in [3.63, 3.8) is 0 Å². The second-order valence-corrected chi connectivity index (χ2v) is 12.8. The van der Waals surface area contributed by atoms with Crippen molar-refractivity contribution in [2.45, 2.75) is 43.3 Å². The van der Waals surface area contributed by atoms with Gasteiger partial charge in [0.25, 0.3) is 5.91 Å². The molecule has 0 bridgehead atoms. The summed E-state index contributed by atoms with van der Waals surface area (Å²) in [5.41, 5.74) is 6.39. The number of carbonyl (C=O) groups excluding carboxylic acids is 1. The molecule has 2 aliphatic heterocycles. The van der Waals surface area contributed by atoms with Crippen LogP contribution in [0.5, 0.6) is 0 Å². The number of aromatic nitrogens is 1. The zero-order chi connectivity index (χ0) is 26.5. The molecule has 0 spiro atoms. The van der Waals surface area contributed by atoms with Gasteiger partial charge >= 0.3 is 0 Å². The number of H-pyrrole nitrogens is 1. The number of hydrogen-bond donors (Lipinski definition) is 2. The maximum absolute atomic E-state index is 13.3. The van der Waals surface area contributed by atoms with Crippen molar-refractivity contribution >= 4 is 56.3 Å². The zero-order valence-corrected chi connectivity index (χ0v) is 23.3. The van der Waals surface area contributed by atoms with Crippen molar-refractivity contribution in [3.05, 3.63) is 80.1 Å². The molecule has 6 nitrogen and oxygen atoms in total. The predicted octanol–water partition coefficient (Wildman–Crippen LogP) is 6.21. The average Bonchev–Trinajstić information content (AvgIpc) is 3.31. The van der Waals surface area contributed by atoms with Crippen LogP contribution < -0.4 is 5.32 Å². The number of halogens is 2. The van der Waals surface area contributed by atoms with Gasteiger partial charge in [0.1, 0.15) is 0 Å². The molecule has 2 aliphatic rings. The van der Waals surface area contributed by atoms with E-state index in [1.54, 1.807) is 30.3 Å². The van der Waals surface area contributed by atoms with E-state index in [0.29, 0.717) is 38.4 Å². The van der Waals surface area contributed by atoms with Crippen LogP contribution in [0, 0.1) is 13.8 Å². The number of benzene rings is 2. The van der Waals surface area contributed by atoms with Crippen molar-refractivity contribution in [2.24, 2.45) is 0 Å². The molecule has 3 heterocycles. The predicted molar refractivity (Wildman–Crippen MR) is 150 cm³/mol. The fourth-order valence-corrected chi connectivity index (χ4v) is 7.56. The molecule has 0 atom stereocenters. The summed E-state index contributed by atoms with van der Waals surface area (Å²) in [6.45, 7) is 6.30. The topological polar surface area (TPSA) is 82.3 Å². The number of nitrogens with zero attached hydrogens (tertiary/aromatic N) is 1. The van der Waals surface area contributed by atoms with E-state index in [0.717, 1.165) is 42.9 Å². The van der Waals surface area contributed by atoms with Gasteiger partial charge in [-0.25, -0.2) is 8.42 Å². The van der Waals surface area contributed by atoms with Crippen molar-refractivity contribution < 1.29 is 13.2 Å². The lowest BCUT2D eigenvalue weighted by molar-refractivity contribution is -0.110. The highest BCUT2D eigenvalue weighted by molar-refractivity contribution is 7.90. The molecule has 1 saturated heterocycles. The molecule has 37 heavy (non-hydrogen) atoms. The molecule has 1 fully saturated rings. The average molecular weight is 559 g/mol. The number of likely N-dealkylation sites (tertiary alicyclic amines) is 1. The van der Waals surface area contributed by atoms with E-state index in [2.05, 4.69) is 36.1 Å². The van der Waals surface area contributed by atoms with Gasteiger partial charge in [0, 0.05) is 38.2 Å². The maximum atomic E-state index is 13.3. The number of carbonyl (C=O) groups is 1. The van der Waals surface area contributed by atoms with Crippen LogP contribution in [0.1, 0.15) is 52.4 Å². The standard InChI is InChI=1S/C28H29Cl2N3O3S/c1-16-26(31-17(2)27(16)18-9-11-33(3)12-10-18)14-21-20-13-19(7-8-25(20)32-28(21)34)37(35,36)15-22-23(29)5-4-6-24(22)30/h4-8,13-14,18,31H,9-12,15H2,1-3H3,(H,32,34)/b21-14-. The number of amides is 1. The van der Waals surface area contributed by atoms with E-state index in [9.17, 15) is 13.2 Å². The van der Waals surface area contributed by atoms with Crippen LogP contribution in [0.4, 0.5) is 5.69 Å². The normalized spacial score (nSPS) is 17.9. The van der Waals surface area contributed by atoms with Crippen LogP contribution in [0.2, 0.25) is 10.0 Å². The molecule has 0 aliphatic carbocycles. The van der Waals surface area contributed by atoms with E-state index >= 15 is 0 Å². The molecule has 5 rings (SSSR count). The van der Waals surface area contributed by atoms with E-state index in [1.807, 2.05) is 6.08 Å². The Labute approximate surface area is 227 Å². The van der Waals surface area contributed by atoms with Crippen molar-refractivity contribution in [2.75, 3.05) is 25.5 Å². The molecular formula is C28H29Cl2N3O3S. The zero-order valence-electron chi connectivity index (χ0n) is 21.0. The Morgan fingerprint density at radius 3 is 2.43 bits per heavy atom. The van der Waals surface area contributed by atoms with Gasteiger partial charge in [-0.05, 0) is 100 Å². The Kier molecular flexibility index (Phi) is 7.00. The third-order valence-electron chi connectivity index (χ3n) is 7.48. The van der Waals surface area contributed by atoms with E-state index < -0.39 is 9.84 Å². The monoisotopic (exact) mass is 557 g/mol. The van der Waals surface area contributed by atoms with E-state index in [-0.39, 0.29) is 16.6 Å². The minimum absolute atomic E-state index is 0.107. The Balaban J connectivity index is 1.50. The summed E-state index contributed by atoms with van der Waals surface area (Å²) in [6.07, 6.45) is 4.04. The number of hydrogen-bond acceptors (Lipinski definition) is 4. The first-order chi connectivity index (χ1) is 17.5. The van der Waals surface area contributed by atoms with Gasteiger partial charge in [-0.1, -0.05) is 29.3 Å². The first kappa shape index (κ1) is 26.0. The van der Waals surface area contributed by atoms with Gasteiger partial charge in [-0.15, -0.1) is 0 Å². The Morgan fingerprint density at radius 2 is 1.76 bits per heavy atom. The Morgan fingerprint density at radius 1 is 1.08 bits per heavy atom. The van der Waals surface area contributed by atoms with Gasteiger partial charge in [0.05, 0.1) is 16.2 Å². The first-order valence-electron chi connectivity index (χ1n) is 12.3. The summed E-state index contributed by atoms with van der Waals surface area (Å²) in [5, 5.41) is 3.46.